The molecule has 8 heteroatoms. The van der Waals surface area contributed by atoms with E-state index in [1.54, 1.807) is 18.1 Å². The van der Waals surface area contributed by atoms with Crippen molar-refractivity contribution >= 4 is 23.3 Å². The lowest BCUT2D eigenvalue weighted by Gasteiger charge is -2.50. The first-order valence-corrected chi connectivity index (χ1v) is 13.0. The number of fused-ring (bicyclic) bond motifs is 4. The molecule has 3 aliphatic rings. The number of aryl methyl sites for hydroxylation is 1. The summed E-state index contributed by atoms with van der Waals surface area (Å²) >= 11 is 0. The Morgan fingerprint density at radius 3 is 2.55 bits per heavy atom. The number of hydrogen-bond donors (Lipinski definition) is 1. The standard InChI is InChI=1S/C30H32N4O4/c1-20-10-11-27-25(16-20)26-19-30(2,38-27)34(29(36)31-26)23-8-4-6-21(17-23)28(35)33-14-12-32(13-15-33)22-7-5-9-24(18-22)37-3/h4-11,16-18,26H,12-15,19H2,1-3H3,(H,31,36)/t26-,30+/m0/s1. The first-order valence-electron chi connectivity index (χ1n) is 13.0. The van der Waals surface area contributed by atoms with Gasteiger partial charge in [0.1, 0.15) is 11.5 Å². The van der Waals surface area contributed by atoms with Gasteiger partial charge in [-0.15, -0.1) is 0 Å². The topological polar surface area (TPSA) is 74.4 Å². The molecule has 2 bridgehead atoms. The minimum Gasteiger partial charge on any atom is -0.497 e. The number of piperazine rings is 1. The third-order valence-electron chi connectivity index (χ3n) is 7.76. The Kier molecular flexibility index (Phi) is 5.90. The van der Waals surface area contributed by atoms with Crippen LogP contribution in [0.2, 0.25) is 0 Å². The fourth-order valence-corrected chi connectivity index (χ4v) is 5.82. The maximum atomic E-state index is 13.5. The number of amides is 3. The van der Waals surface area contributed by atoms with E-state index < -0.39 is 5.72 Å². The number of ether oxygens (including phenoxy) is 2. The summed E-state index contributed by atoms with van der Waals surface area (Å²) in [6.45, 7) is 6.67. The van der Waals surface area contributed by atoms with Crippen LogP contribution >= 0.6 is 0 Å². The molecule has 0 saturated carbocycles. The molecule has 6 rings (SSSR count). The first kappa shape index (κ1) is 24.2. The zero-order valence-corrected chi connectivity index (χ0v) is 21.9. The normalized spacial score (nSPS) is 22.3. The van der Waals surface area contributed by atoms with E-state index in [1.807, 2.05) is 67.3 Å². The maximum Gasteiger partial charge on any atom is 0.325 e. The molecule has 0 aliphatic carbocycles. The average Bonchev–Trinajstić information content (AvgIpc) is 2.93. The van der Waals surface area contributed by atoms with Gasteiger partial charge in [-0.25, -0.2) is 4.79 Å². The van der Waals surface area contributed by atoms with Gasteiger partial charge in [-0.3, -0.25) is 9.69 Å². The molecule has 2 fully saturated rings. The van der Waals surface area contributed by atoms with Crippen molar-refractivity contribution in [2.24, 2.45) is 0 Å². The van der Waals surface area contributed by atoms with E-state index in [-0.39, 0.29) is 18.0 Å². The maximum absolute atomic E-state index is 13.5. The zero-order valence-electron chi connectivity index (χ0n) is 21.9. The second-order valence-electron chi connectivity index (χ2n) is 10.4. The van der Waals surface area contributed by atoms with E-state index in [0.717, 1.165) is 41.4 Å². The first-order chi connectivity index (χ1) is 18.3. The van der Waals surface area contributed by atoms with Crippen molar-refractivity contribution in [2.75, 3.05) is 43.1 Å². The van der Waals surface area contributed by atoms with Crippen LogP contribution in [0.15, 0.2) is 66.7 Å². The number of anilines is 2. The number of nitrogens with one attached hydrogen (secondary N) is 1. The van der Waals surface area contributed by atoms with Gasteiger partial charge >= 0.3 is 6.03 Å². The molecule has 3 aliphatic heterocycles. The lowest BCUT2D eigenvalue weighted by Crippen LogP contribution is -2.65. The summed E-state index contributed by atoms with van der Waals surface area (Å²) in [6.07, 6.45) is 0.611. The SMILES string of the molecule is COc1cccc(N2CCN(C(=O)c3cccc(N4C(=O)N[C@H]5C[C@@]4(C)Oc4ccc(C)cc45)c3)CC2)c1. The van der Waals surface area contributed by atoms with Crippen molar-refractivity contribution in [3.63, 3.8) is 0 Å². The van der Waals surface area contributed by atoms with Gasteiger partial charge in [0.15, 0.2) is 5.72 Å². The molecule has 2 saturated heterocycles. The van der Waals surface area contributed by atoms with Crippen LogP contribution in [0, 0.1) is 6.92 Å². The Morgan fingerprint density at radius 1 is 1.00 bits per heavy atom. The van der Waals surface area contributed by atoms with E-state index in [9.17, 15) is 9.59 Å². The predicted molar refractivity (Wildman–Crippen MR) is 146 cm³/mol. The van der Waals surface area contributed by atoms with E-state index in [1.165, 1.54) is 0 Å². The average molecular weight is 513 g/mol. The van der Waals surface area contributed by atoms with Gasteiger partial charge in [-0.1, -0.05) is 29.8 Å². The van der Waals surface area contributed by atoms with Crippen molar-refractivity contribution < 1.29 is 19.1 Å². The molecule has 38 heavy (non-hydrogen) atoms. The van der Waals surface area contributed by atoms with Gasteiger partial charge in [0.05, 0.1) is 18.8 Å². The summed E-state index contributed by atoms with van der Waals surface area (Å²) < 4.78 is 11.8. The summed E-state index contributed by atoms with van der Waals surface area (Å²) in [6, 6.07) is 21.0. The second kappa shape index (κ2) is 9.28. The van der Waals surface area contributed by atoms with Crippen LogP contribution in [-0.2, 0) is 0 Å². The van der Waals surface area contributed by atoms with Crippen molar-refractivity contribution in [1.82, 2.24) is 10.2 Å². The molecular weight excluding hydrogens is 480 g/mol. The minimum absolute atomic E-state index is 0.0389. The number of methoxy groups -OCH3 is 1. The largest absolute Gasteiger partial charge is 0.497 e. The Hall–Kier alpha value is -4.20. The number of hydrogen-bond acceptors (Lipinski definition) is 5. The molecule has 2 atom stereocenters. The molecule has 196 valence electrons. The summed E-state index contributed by atoms with van der Waals surface area (Å²) in [4.78, 5) is 32.6. The van der Waals surface area contributed by atoms with E-state index in [0.29, 0.717) is 30.8 Å². The van der Waals surface area contributed by atoms with Crippen LogP contribution in [0.1, 0.15) is 40.9 Å². The minimum atomic E-state index is -0.862. The van der Waals surface area contributed by atoms with Gasteiger partial charge in [-0.05, 0) is 50.2 Å². The van der Waals surface area contributed by atoms with E-state index in [2.05, 4.69) is 22.3 Å². The Bertz CT molecular complexity index is 1400. The van der Waals surface area contributed by atoms with E-state index in [4.69, 9.17) is 9.47 Å². The highest BCUT2D eigenvalue weighted by Gasteiger charge is 2.50. The molecule has 1 N–H and O–H groups in total. The van der Waals surface area contributed by atoms with E-state index >= 15 is 0 Å². The monoisotopic (exact) mass is 512 g/mol. The van der Waals surface area contributed by atoms with Crippen molar-refractivity contribution in [2.45, 2.75) is 32.0 Å². The molecule has 0 aromatic heterocycles. The molecule has 3 aromatic carbocycles. The number of carbonyl (C=O) groups excluding carboxylic acids is 2. The number of benzene rings is 3. The Labute approximate surface area is 222 Å². The van der Waals surface area contributed by atoms with Gasteiger partial charge < -0.3 is 24.6 Å². The Balaban J connectivity index is 1.20. The number of rotatable bonds is 4. The quantitative estimate of drug-likeness (QED) is 0.547. The molecular formula is C30H32N4O4. The third kappa shape index (κ3) is 4.20. The molecule has 3 aromatic rings. The van der Waals surface area contributed by atoms with Gasteiger partial charge in [0.25, 0.3) is 5.91 Å². The summed E-state index contributed by atoms with van der Waals surface area (Å²) in [5, 5.41) is 3.14. The van der Waals surface area contributed by atoms with Crippen molar-refractivity contribution in [3.05, 3.63) is 83.4 Å². The summed E-state index contributed by atoms with van der Waals surface area (Å²) in [7, 11) is 1.66. The molecule has 0 spiro atoms. The van der Waals surface area contributed by atoms with Crippen LogP contribution in [0.3, 0.4) is 0 Å². The highest BCUT2D eigenvalue weighted by atomic mass is 16.5. The smallest absolute Gasteiger partial charge is 0.325 e. The zero-order chi connectivity index (χ0) is 26.4. The third-order valence-corrected chi connectivity index (χ3v) is 7.76. The highest BCUT2D eigenvalue weighted by Crippen LogP contribution is 2.45. The van der Waals surface area contributed by atoms with Crippen LogP contribution < -0.4 is 24.6 Å². The number of carbonyl (C=O) groups is 2. The van der Waals surface area contributed by atoms with Crippen molar-refractivity contribution in [3.8, 4) is 11.5 Å². The van der Waals surface area contributed by atoms with Gasteiger partial charge in [0.2, 0.25) is 0 Å². The van der Waals surface area contributed by atoms with Gasteiger partial charge in [-0.2, -0.15) is 0 Å². The van der Waals surface area contributed by atoms with Crippen LogP contribution in [0.25, 0.3) is 0 Å². The fraction of sp³-hybridized carbons (Fsp3) is 0.333. The van der Waals surface area contributed by atoms with Gasteiger partial charge in [0, 0.05) is 55.5 Å². The fourth-order valence-electron chi connectivity index (χ4n) is 5.82. The lowest BCUT2D eigenvalue weighted by atomic mass is 9.89. The highest BCUT2D eigenvalue weighted by molar-refractivity contribution is 5.99. The Morgan fingerprint density at radius 2 is 1.76 bits per heavy atom. The second-order valence-corrected chi connectivity index (χ2v) is 10.4. The van der Waals surface area contributed by atoms with Crippen LogP contribution in [0.4, 0.5) is 16.2 Å². The molecule has 0 unspecified atom stereocenters. The summed E-state index contributed by atoms with van der Waals surface area (Å²) in [5.74, 6) is 1.56. The van der Waals surface area contributed by atoms with Crippen molar-refractivity contribution in [1.29, 1.82) is 0 Å². The molecule has 3 heterocycles. The van der Waals surface area contributed by atoms with Crippen LogP contribution in [0.5, 0.6) is 11.5 Å². The predicted octanol–water partition coefficient (Wildman–Crippen LogP) is 4.74. The lowest BCUT2D eigenvalue weighted by molar-refractivity contribution is 0.0377. The molecule has 8 nitrogen and oxygen atoms in total. The number of nitrogens with zero attached hydrogens (tertiary/aromatic N) is 3. The summed E-state index contributed by atoms with van der Waals surface area (Å²) in [5.41, 5.74) is 3.56. The number of urea groups is 1. The van der Waals surface area contributed by atoms with Crippen LogP contribution in [-0.4, -0.2) is 55.9 Å². The molecule has 3 amide bonds. The molecule has 0 radical (unpaired) electrons.